The molecule has 1 aromatic rings. The van der Waals surface area contributed by atoms with Gasteiger partial charge in [0.2, 0.25) is 23.6 Å². The van der Waals surface area contributed by atoms with Crippen LogP contribution in [0.25, 0.3) is 0 Å². The number of alkyl carbamates (subject to hydrolysis) is 1. The van der Waals surface area contributed by atoms with E-state index in [1.807, 2.05) is 20.8 Å². The van der Waals surface area contributed by atoms with Crippen LogP contribution in [0.15, 0.2) is 47.6 Å². The molecular formula is C50H77ClN6O12. The summed E-state index contributed by atoms with van der Waals surface area (Å²) >= 11 is 6.14. The van der Waals surface area contributed by atoms with Gasteiger partial charge in [0, 0.05) is 56.6 Å². The first kappa shape index (κ1) is 59.6. The Morgan fingerprint density at radius 2 is 1.57 bits per heavy atom. The summed E-state index contributed by atoms with van der Waals surface area (Å²) in [4.78, 5) is 113. The summed E-state index contributed by atoms with van der Waals surface area (Å²) in [5, 5.41) is 20.4. The van der Waals surface area contributed by atoms with Gasteiger partial charge in [-0.2, -0.15) is 0 Å². The molecule has 1 heterocycles. The molecule has 1 aromatic carbocycles. The van der Waals surface area contributed by atoms with Gasteiger partial charge in [-0.15, -0.1) is 0 Å². The van der Waals surface area contributed by atoms with E-state index in [-0.39, 0.29) is 43.9 Å². The van der Waals surface area contributed by atoms with Gasteiger partial charge in [-0.05, 0) is 95.4 Å². The number of halogens is 1. The lowest BCUT2D eigenvalue weighted by atomic mass is 9.90. The summed E-state index contributed by atoms with van der Waals surface area (Å²) < 4.78 is 17.8. The standard InChI is InChI=1S/C50H77ClN6O12/c1-13-30(5)42-45(61)54-35(10)49(65)69-43(31(6)14-2)33(8)39(68-50(66)52-24-16-15-17-25-58)23-18-32(7)48(64)67-40(26-29(3)4)44(60)53-34(9)46(62)57(12)38(27-36-19-21-37(51)22-20-36)47(63)56(11)28-41(59)55-42/h14,18-22,29-30,33-35,38-40,42-43,58H,13,15-17,23-28H2,1-12H3,(H,52,66)(H,53,60)(H,54,61)(H,55,59)/b31-14+,32-18+/t30-,33+,34+,35-,38-,39+,40-,42+,43-/m1/s1. The summed E-state index contributed by atoms with van der Waals surface area (Å²) in [6.07, 6.45) is 1.46. The molecule has 386 valence electrons. The van der Waals surface area contributed by atoms with E-state index >= 15 is 0 Å². The number of nitrogens with zero attached hydrogens (tertiary/aromatic N) is 2. The Morgan fingerprint density at radius 3 is 2.16 bits per heavy atom. The van der Waals surface area contributed by atoms with Gasteiger partial charge >= 0.3 is 18.0 Å². The molecule has 0 aliphatic carbocycles. The molecule has 0 unspecified atom stereocenters. The molecule has 6 amide bonds. The second kappa shape index (κ2) is 29.5. The number of allylic oxidation sites excluding steroid dienone is 1. The van der Waals surface area contributed by atoms with Crippen LogP contribution in [-0.2, 0) is 54.2 Å². The maximum atomic E-state index is 14.3. The van der Waals surface area contributed by atoms with Crippen LogP contribution >= 0.6 is 11.6 Å². The number of ether oxygens (including phenoxy) is 3. The molecule has 2 rings (SSSR count). The normalized spacial score (nSPS) is 26.2. The number of hydrogen-bond acceptors (Lipinski definition) is 12. The van der Waals surface area contributed by atoms with Crippen molar-refractivity contribution < 1.29 is 57.7 Å². The zero-order valence-corrected chi connectivity index (χ0v) is 43.3. The van der Waals surface area contributed by atoms with Crippen LogP contribution in [0.1, 0.15) is 113 Å². The number of aliphatic hydroxyl groups is 1. The van der Waals surface area contributed by atoms with Gasteiger partial charge in [0.25, 0.3) is 5.91 Å². The van der Waals surface area contributed by atoms with Crippen LogP contribution in [0.3, 0.4) is 0 Å². The summed E-state index contributed by atoms with van der Waals surface area (Å²) in [6, 6.07) is 1.93. The molecule has 1 aliphatic heterocycles. The Labute approximate surface area is 413 Å². The van der Waals surface area contributed by atoms with Crippen LogP contribution in [0, 0.1) is 17.8 Å². The molecule has 0 saturated heterocycles. The summed E-state index contributed by atoms with van der Waals surface area (Å²) in [7, 11) is 2.80. The van der Waals surface area contributed by atoms with Crippen molar-refractivity contribution in [1.82, 2.24) is 31.1 Å². The number of nitrogens with one attached hydrogen (secondary N) is 4. The Bertz CT molecular complexity index is 1980. The predicted molar refractivity (Wildman–Crippen MR) is 261 cm³/mol. The highest BCUT2D eigenvalue weighted by atomic mass is 35.5. The highest BCUT2D eigenvalue weighted by molar-refractivity contribution is 6.30. The lowest BCUT2D eigenvalue weighted by Gasteiger charge is -2.33. The first-order chi connectivity index (χ1) is 32.4. The van der Waals surface area contributed by atoms with Crippen LogP contribution in [-0.4, -0.2) is 139 Å². The lowest BCUT2D eigenvalue weighted by molar-refractivity contribution is -0.155. The molecule has 9 atom stereocenters. The minimum Gasteiger partial charge on any atom is -0.456 e. The van der Waals surface area contributed by atoms with Crippen molar-refractivity contribution in [3.05, 3.63) is 58.1 Å². The molecule has 0 saturated carbocycles. The maximum absolute atomic E-state index is 14.3. The van der Waals surface area contributed by atoms with E-state index in [1.165, 1.54) is 45.8 Å². The van der Waals surface area contributed by atoms with Gasteiger partial charge in [0.15, 0.2) is 6.10 Å². The van der Waals surface area contributed by atoms with Crippen molar-refractivity contribution in [3.8, 4) is 0 Å². The van der Waals surface area contributed by atoms with E-state index in [4.69, 9.17) is 30.9 Å². The van der Waals surface area contributed by atoms with Gasteiger partial charge < -0.3 is 50.4 Å². The van der Waals surface area contributed by atoms with E-state index in [2.05, 4.69) is 21.3 Å². The van der Waals surface area contributed by atoms with Gasteiger partial charge in [0.1, 0.15) is 36.4 Å². The smallest absolute Gasteiger partial charge is 0.407 e. The Hall–Kier alpha value is -5.49. The minimum atomic E-state index is -1.33. The van der Waals surface area contributed by atoms with Gasteiger partial charge in [-0.3, -0.25) is 24.0 Å². The third-order valence-electron chi connectivity index (χ3n) is 12.2. The van der Waals surface area contributed by atoms with Crippen LogP contribution < -0.4 is 21.3 Å². The molecule has 0 bridgehead atoms. The number of carbonyl (C=O) groups excluding carboxylic acids is 8. The quantitative estimate of drug-likeness (QED) is 0.0777. The minimum absolute atomic E-state index is 0.00512. The molecule has 19 heteroatoms. The topological polar surface area (TPSA) is 239 Å². The second-order valence-electron chi connectivity index (χ2n) is 18.4. The molecule has 18 nitrogen and oxygen atoms in total. The molecule has 0 fully saturated rings. The van der Waals surface area contributed by atoms with Crippen molar-refractivity contribution in [3.63, 3.8) is 0 Å². The number of benzene rings is 1. The second-order valence-corrected chi connectivity index (χ2v) is 18.9. The number of cyclic esters (lactones) is 2. The first-order valence-electron chi connectivity index (χ1n) is 23.9. The number of likely N-dealkylation sites (N-methyl/N-ethyl adjacent to an activating group) is 2. The van der Waals surface area contributed by atoms with E-state index < -0.39 is 108 Å². The largest absolute Gasteiger partial charge is 0.456 e. The van der Waals surface area contributed by atoms with Crippen molar-refractivity contribution in [2.75, 3.05) is 33.8 Å². The van der Waals surface area contributed by atoms with E-state index in [0.29, 0.717) is 41.8 Å². The van der Waals surface area contributed by atoms with E-state index in [1.54, 1.807) is 58.0 Å². The highest BCUT2D eigenvalue weighted by Gasteiger charge is 2.37. The van der Waals surface area contributed by atoms with Gasteiger partial charge in [-0.25, -0.2) is 14.4 Å². The third-order valence-corrected chi connectivity index (χ3v) is 12.5. The molecular weight excluding hydrogens is 912 g/mol. The number of carbonyl (C=O) groups is 8. The van der Waals surface area contributed by atoms with Gasteiger partial charge in [0.05, 0.1) is 6.54 Å². The molecule has 5 N–H and O–H groups in total. The molecule has 0 radical (unpaired) electrons. The first-order valence-corrected chi connectivity index (χ1v) is 24.3. The highest BCUT2D eigenvalue weighted by Crippen LogP contribution is 2.26. The van der Waals surface area contributed by atoms with Crippen LogP contribution in [0.5, 0.6) is 0 Å². The Kier molecular flexibility index (Phi) is 25.5. The zero-order chi connectivity index (χ0) is 52.1. The Balaban J connectivity index is 2.71. The van der Waals surface area contributed by atoms with E-state index in [0.717, 1.165) is 4.90 Å². The fourth-order valence-electron chi connectivity index (χ4n) is 7.48. The number of unbranched alkanes of at least 4 members (excludes halogenated alkanes) is 2. The van der Waals surface area contributed by atoms with Crippen molar-refractivity contribution in [1.29, 1.82) is 0 Å². The predicted octanol–water partition coefficient (Wildman–Crippen LogP) is 4.79. The van der Waals surface area contributed by atoms with Gasteiger partial charge in [-0.1, -0.05) is 76.9 Å². The maximum Gasteiger partial charge on any atom is 0.407 e. The van der Waals surface area contributed by atoms with Crippen molar-refractivity contribution >= 4 is 59.2 Å². The fourth-order valence-corrected chi connectivity index (χ4v) is 7.61. The van der Waals surface area contributed by atoms with Crippen LogP contribution in [0.2, 0.25) is 5.02 Å². The number of hydrogen-bond donors (Lipinski definition) is 5. The summed E-state index contributed by atoms with van der Waals surface area (Å²) in [5.41, 5.74) is 1.32. The van der Waals surface area contributed by atoms with Crippen LogP contribution in [0.4, 0.5) is 4.79 Å². The zero-order valence-electron chi connectivity index (χ0n) is 42.5. The molecule has 0 spiro atoms. The number of aliphatic hydroxyl groups excluding tert-OH is 1. The molecule has 69 heavy (non-hydrogen) atoms. The van der Waals surface area contributed by atoms with Crippen molar-refractivity contribution in [2.24, 2.45) is 17.8 Å². The third kappa shape index (κ3) is 19.4. The molecule has 1 aliphatic rings. The summed E-state index contributed by atoms with van der Waals surface area (Å²) in [5.74, 6) is -6.33. The number of rotatable bonds is 13. The van der Waals surface area contributed by atoms with E-state index in [9.17, 15) is 38.4 Å². The monoisotopic (exact) mass is 989 g/mol. The number of esters is 2. The van der Waals surface area contributed by atoms with Crippen molar-refractivity contribution in [2.45, 2.75) is 157 Å². The Morgan fingerprint density at radius 1 is 0.928 bits per heavy atom. The lowest BCUT2D eigenvalue weighted by Crippen LogP contribution is -2.57. The average molecular weight is 990 g/mol. The summed E-state index contributed by atoms with van der Waals surface area (Å²) in [6.45, 7) is 16.6. The fraction of sp³-hybridized carbons (Fsp3) is 0.640. The average Bonchev–Trinajstić information content (AvgIpc) is 3.30. The molecule has 0 aromatic heterocycles. The number of amides is 6. The SMILES string of the molecule is C/C=C(\C)[C@H]1OC(=O)[C@@H](C)NC(=O)[C@H]([C@H](C)CC)NC(=O)CN(C)C(=O)[C@@H](Cc2ccc(Cl)cc2)N(C)C(=O)[C@H](C)NC(=O)[C@@H](CC(C)C)OC(=O)/C(C)=C/C[C@H](OC(=O)NCCCCCO)[C@@H]1C.